The van der Waals surface area contributed by atoms with Crippen molar-refractivity contribution in [1.29, 1.82) is 0 Å². The molecule has 3 nitrogen and oxygen atoms in total. The smallest absolute Gasteiger partial charge is 0.244 e. The van der Waals surface area contributed by atoms with Gasteiger partial charge in [0.2, 0.25) is 5.91 Å². The van der Waals surface area contributed by atoms with Gasteiger partial charge >= 0.3 is 0 Å². The van der Waals surface area contributed by atoms with Crippen LogP contribution < -0.4 is 10.2 Å². The molecule has 1 amide bonds. The van der Waals surface area contributed by atoms with Crippen molar-refractivity contribution in [2.24, 2.45) is 0 Å². The van der Waals surface area contributed by atoms with Crippen LogP contribution >= 0.6 is 15.9 Å². The quantitative estimate of drug-likeness (QED) is 0.836. The summed E-state index contributed by atoms with van der Waals surface area (Å²) in [6, 6.07) is 8.33. The van der Waals surface area contributed by atoms with Crippen LogP contribution in [-0.2, 0) is 4.79 Å². The number of hydrogen-bond donors (Lipinski definition) is 1. The highest BCUT2D eigenvalue weighted by atomic mass is 79.9. The Labute approximate surface area is 96.6 Å². The van der Waals surface area contributed by atoms with Crippen LogP contribution in [0.4, 0.5) is 5.69 Å². The molecule has 0 saturated carbocycles. The van der Waals surface area contributed by atoms with E-state index in [-0.39, 0.29) is 11.9 Å². The van der Waals surface area contributed by atoms with E-state index in [1.165, 1.54) is 0 Å². The molecule has 1 N–H and O–H groups in total. The highest BCUT2D eigenvalue weighted by Crippen LogP contribution is 2.30. The van der Waals surface area contributed by atoms with Crippen molar-refractivity contribution in [3.05, 3.63) is 28.7 Å². The molecule has 78 valence electrons. The maximum atomic E-state index is 11.9. The minimum atomic E-state index is 0.0543. The molecular weight excluding hydrogens is 256 g/mol. The molecular formula is C11H11BrN2O. The molecule has 0 radical (unpaired) electrons. The standard InChI is InChI=1S/C11H11BrN2O/c12-7-1-3-8(4-2-7)14-9-5-10(11(14)15)13-6-9/h1-4,9-10,13H,5-6H2. The molecule has 2 fully saturated rings. The van der Waals surface area contributed by atoms with E-state index < -0.39 is 0 Å². The number of carbonyl (C=O) groups is 1. The summed E-state index contributed by atoms with van der Waals surface area (Å²) < 4.78 is 1.04. The van der Waals surface area contributed by atoms with Gasteiger partial charge in [-0.1, -0.05) is 15.9 Å². The first kappa shape index (κ1) is 9.36. The van der Waals surface area contributed by atoms with Crippen LogP contribution in [0.25, 0.3) is 0 Å². The maximum Gasteiger partial charge on any atom is 0.244 e. The molecule has 1 aromatic carbocycles. The van der Waals surface area contributed by atoms with Crippen LogP contribution in [0.3, 0.4) is 0 Å². The van der Waals surface area contributed by atoms with Gasteiger partial charge in [-0.25, -0.2) is 0 Å². The van der Waals surface area contributed by atoms with Gasteiger partial charge in [-0.15, -0.1) is 0 Å². The molecule has 1 aromatic rings. The first-order valence-corrected chi connectivity index (χ1v) is 5.87. The number of rotatable bonds is 1. The summed E-state index contributed by atoms with van der Waals surface area (Å²) in [6.45, 7) is 0.923. The van der Waals surface area contributed by atoms with E-state index in [9.17, 15) is 4.79 Å². The van der Waals surface area contributed by atoms with Crippen LogP contribution in [-0.4, -0.2) is 24.5 Å². The lowest BCUT2D eigenvalue weighted by atomic mass is 10.2. The molecule has 0 spiro atoms. The van der Waals surface area contributed by atoms with E-state index in [1.807, 2.05) is 29.2 Å². The number of anilines is 1. The third-order valence-electron chi connectivity index (χ3n) is 3.11. The fraction of sp³-hybridized carbons (Fsp3) is 0.364. The van der Waals surface area contributed by atoms with E-state index >= 15 is 0 Å². The predicted octanol–water partition coefficient (Wildman–Crippen LogP) is 1.53. The summed E-state index contributed by atoms with van der Waals surface area (Å²) in [5, 5.41) is 3.22. The number of piperazine rings is 1. The second kappa shape index (κ2) is 3.32. The molecule has 3 rings (SSSR count). The Kier molecular flexibility index (Phi) is 2.07. The summed E-state index contributed by atoms with van der Waals surface area (Å²) in [5.74, 6) is 0.216. The number of halogens is 1. The molecule has 2 heterocycles. The Morgan fingerprint density at radius 3 is 2.67 bits per heavy atom. The zero-order valence-corrected chi connectivity index (χ0v) is 9.70. The van der Waals surface area contributed by atoms with Crippen molar-refractivity contribution in [3.63, 3.8) is 0 Å². The topological polar surface area (TPSA) is 32.3 Å². The summed E-state index contributed by atoms with van der Waals surface area (Å²) in [6.07, 6.45) is 0.953. The fourth-order valence-corrected chi connectivity index (χ4v) is 2.65. The Bertz CT molecular complexity index is 404. The molecule has 0 aromatic heterocycles. The number of hydrogen-bond acceptors (Lipinski definition) is 2. The van der Waals surface area contributed by atoms with E-state index in [0.717, 1.165) is 23.1 Å². The number of nitrogens with zero attached hydrogens (tertiary/aromatic N) is 1. The van der Waals surface area contributed by atoms with Crippen molar-refractivity contribution in [2.75, 3.05) is 11.4 Å². The zero-order valence-electron chi connectivity index (χ0n) is 8.11. The average Bonchev–Trinajstić information content (AvgIpc) is 2.80. The average molecular weight is 267 g/mol. The normalized spacial score (nSPS) is 28.9. The molecule has 2 aliphatic rings. The summed E-state index contributed by atoms with van der Waals surface area (Å²) >= 11 is 3.39. The van der Waals surface area contributed by atoms with E-state index in [1.54, 1.807) is 0 Å². The lowest BCUT2D eigenvalue weighted by Gasteiger charge is -2.27. The molecule has 2 aliphatic heterocycles. The highest BCUT2D eigenvalue weighted by Gasteiger charge is 2.45. The van der Waals surface area contributed by atoms with Gasteiger partial charge < -0.3 is 10.2 Å². The number of nitrogens with one attached hydrogen (secondary N) is 1. The zero-order chi connectivity index (χ0) is 10.4. The van der Waals surface area contributed by atoms with E-state index in [4.69, 9.17) is 0 Å². The third-order valence-corrected chi connectivity index (χ3v) is 3.64. The largest absolute Gasteiger partial charge is 0.307 e. The number of amides is 1. The van der Waals surface area contributed by atoms with Crippen molar-refractivity contribution in [1.82, 2.24) is 5.32 Å². The van der Waals surface area contributed by atoms with Crippen LogP contribution in [0, 0.1) is 0 Å². The molecule has 4 heteroatoms. The van der Waals surface area contributed by atoms with Gasteiger partial charge in [0, 0.05) is 16.7 Å². The van der Waals surface area contributed by atoms with Crippen LogP contribution in [0.2, 0.25) is 0 Å². The van der Waals surface area contributed by atoms with Crippen molar-refractivity contribution in [2.45, 2.75) is 18.5 Å². The van der Waals surface area contributed by atoms with Crippen LogP contribution in [0.15, 0.2) is 28.7 Å². The lowest BCUT2D eigenvalue weighted by Crippen LogP contribution is -2.48. The van der Waals surface area contributed by atoms with E-state index in [0.29, 0.717) is 6.04 Å². The number of carbonyl (C=O) groups excluding carboxylic acids is 1. The van der Waals surface area contributed by atoms with E-state index in [2.05, 4.69) is 21.2 Å². The maximum absolute atomic E-state index is 11.9. The van der Waals surface area contributed by atoms with Crippen LogP contribution in [0.5, 0.6) is 0 Å². The monoisotopic (exact) mass is 266 g/mol. The van der Waals surface area contributed by atoms with Crippen molar-refractivity contribution >= 4 is 27.5 Å². The van der Waals surface area contributed by atoms with Crippen LogP contribution in [0.1, 0.15) is 6.42 Å². The molecule has 2 saturated heterocycles. The summed E-state index contributed by atoms with van der Waals surface area (Å²) in [5.41, 5.74) is 1.01. The highest BCUT2D eigenvalue weighted by molar-refractivity contribution is 9.10. The Balaban J connectivity index is 1.94. The Morgan fingerprint density at radius 2 is 2.07 bits per heavy atom. The first-order chi connectivity index (χ1) is 7.25. The summed E-state index contributed by atoms with van der Waals surface area (Å²) in [7, 11) is 0. The molecule has 0 aliphatic carbocycles. The molecule has 2 atom stereocenters. The molecule has 15 heavy (non-hydrogen) atoms. The molecule has 2 unspecified atom stereocenters. The van der Waals surface area contributed by atoms with Gasteiger partial charge in [0.15, 0.2) is 0 Å². The van der Waals surface area contributed by atoms with Gasteiger partial charge in [0.1, 0.15) is 0 Å². The van der Waals surface area contributed by atoms with Gasteiger partial charge in [0.25, 0.3) is 0 Å². The Hall–Kier alpha value is -0.870. The van der Waals surface area contributed by atoms with Gasteiger partial charge in [-0.2, -0.15) is 0 Å². The second-order valence-corrected chi connectivity index (χ2v) is 4.95. The second-order valence-electron chi connectivity index (χ2n) is 4.04. The Morgan fingerprint density at radius 1 is 1.33 bits per heavy atom. The van der Waals surface area contributed by atoms with Crippen molar-refractivity contribution in [3.8, 4) is 0 Å². The number of fused-ring (bicyclic) bond motifs is 2. The predicted molar refractivity (Wildman–Crippen MR) is 61.8 cm³/mol. The molecule has 2 bridgehead atoms. The first-order valence-electron chi connectivity index (χ1n) is 5.08. The SMILES string of the molecule is O=C1C2CC(CN2)N1c1ccc(Br)cc1. The number of benzene rings is 1. The van der Waals surface area contributed by atoms with Gasteiger partial charge in [-0.05, 0) is 30.7 Å². The minimum absolute atomic E-state index is 0.0543. The minimum Gasteiger partial charge on any atom is -0.307 e. The van der Waals surface area contributed by atoms with Crippen molar-refractivity contribution < 1.29 is 4.79 Å². The summed E-state index contributed by atoms with van der Waals surface area (Å²) in [4.78, 5) is 13.8. The fourth-order valence-electron chi connectivity index (χ4n) is 2.39. The third kappa shape index (κ3) is 1.40. The van der Waals surface area contributed by atoms with Gasteiger partial charge in [-0.3, -0.25) is 4.79 Å². The van der Waals surface area contributed by atoms with Gasteiger partial charge in [0.05, 0.1) is 12.1 Å². The lowest BCUT2D eigenvalue weighted by molar-refractivity contribution is -0.119.